The molecule has 1 aliphatic carbocycles. The van der Waals surface area contributed by atoms with Gasteiger partial charge in [-0.2, -0.15) is 0 Å². The van der Waals surface area contributed by atoms with Crippen molar-refractivity contribution >= 4 is 23.2 Å². The molecule has 2 fully saturated rings. The number of amides is 1. The molecule has 5 heteroatoms. The summed E-state index contributed by atoms with van der Waals surface area (Å²) in [5.74, 6) is 0.741. The first-order valence-electron chi connectivity index (χ1n) is 8.36. The third-order valence-electron chi connectivity index (χ3n) is 4.90. The monoisotopic (exact) mass is 321 g/mol. The zero-order chi connectivity index (χ0) is 15.4. The van der Waals surface area contributed by atoms with E-state index in [1.165, 1.54) is 12.8 Å². The van der Waals surface area contributed by atoms with Crippen molar-refractivity contribution in [2.24, 2.45) is 5.92 Å². The summed E-state index contributed by atoms with van der Waals surface area (Å²) in [4.78, 5) is 18.5. The number of carbonyl (C=O) groups is 1. The van der Waals surface area contributed by atoms with Gasteiger partial charge in [-0.25, -0.2) is 0 Å². The van der Waals surface area contributed by atoms with E-state index in [0.717, 1.165) is 44.5 Å². The average molecular weight is 322 g/mol. The predicted molar refractivity (Wildman–Crippen MR) is 89.2 cm³/mol. The van der Waals surface area contributed by atoms with Crippen LogP contribution in [0.4, 0.5) is 5.69 Å². The Kier molecular flexibility index (Phi) is 5.19. The molecule has 0 spiro atoms. The summed E-state index contributed by atoms with van der Waals surface area (Å²) in [6.45, 7) is 1.93. The highest BCUT2D eigenvalue weighted by Crippen LogP contribution is 2.29. The van der Waals surface area contributed by atoms with Gasteiger partial charge in [0.25, 0.3) is 0 Å². The number of nitrogens with zero attached hydrogens (tertiary/aromatic N) is 2. The van der Waals surface area contributed by atoms with Crippen molar-refractivity contribution in [3.8, 4) is 0 Å². The first-order chi connectivity index (χ1) is 10.7. The van der Waals surface area contributed by atoms with Crippen molar-refractivity contribution in [3.63, 3.8) is 0 Å². The molecule has 0 atom stereocenters. The highest BCUT2D eigenvalue weighted by Gasteiger charge is 2.24. The highest BCUT2D eigenvalue weighted by atomic mass is 35.5. The largest absolute Gasteiger partial charge is 0.370 e. The first kappa shape index (κ1) is 15.6. The smallest absolute Gasteiger partial charge is 0.220 e. The van der Waals surface area contributed by atoms with Crippen molar-refractivity contribution in [3.05, 3.63) is 23.5 Å². The lowest BCUT2D eigenvalue weighted by atomic mass is 9.93. The van der Waals surface area contributed by atoms with E-state index in [-0.39, 0.29) is 5.91 Å². The Morgan fingerprint density at radius 2 is 2.00 bits per heavy atom. The van der Waals surface area contributed by atoms with Gasteiger partial charge >= 0.3 is 0 Å². The summed E-state index contributed by atoms with van der Waals surface area (Å²) < 4.78 is 0. The lowest BCUT2D eigenvalue weighted by Crippen LogP contribution is -2.38. The standard InChI is InChI=1S/C17H24ClN3O/c18-15-12-19-8-5-16(15)21-9-6-13(7-10-21)11-17(22)20-14-3-1-2-4-14/h5,8,12-14H,1-4,6-7,9-11H2,(H,20,22). The second-order valence-electron chi connectivity index (χ2n) is 6.51. The molecule has 1 aliphatic heterocycles. The summed E-state index contributed by atoms with van der Waals surface area (Å²) in [6.07, 6.45) is 11.1. The van der Waals surface area contributed by atoms with Crippen LogP contribution in [0, 0.1) is 5.92 Å². The third-order valence-corrected chi connectivity index (χ3v) is 5.19. The topological polar surface area (TPSA) is 45.2 Å². The summed E-state index contributed by atoms with van der Waals surface area (Å²) >= 11 is 6.21. The summed E-state index contributed by atoms with van der Waals surface area (Å²) in [7, 11) is 0. The van der Waals surface area contributed by atoms with Crippen LogP contribution in [-0.4, -0.2) is 30.0 Å². The fourth-order valence-corrected chi connectivity index (χ4v) is 3.86. The Hall–Kier alpha value is -1.29. The highest BCUT2D eigenvalue weighted by molar-refractivity contribution is 6.33. The van der Waals surface area contributed by atoms with Crippen LogP contribution in [0.15, 0.2) is 18.5 Å². The van der Waals surface area contributed by atoms with Crippen LogP contribution in [0.2, 0.25) is 5.02 Å². The van der Waals surface area contributed by atoms with E-state index >= 15 is 0 Å². The molecule has 0 bridgehead atoms. The van der Waals surface area contributed by atoms with Gasteiger partial charge in [0.1, 0.15) is 0 Å². The molecule has 1 saturated heterocycles. The number of carbonyl (C=O) groups excluding carboxylic acids is 1. The number of anilines is 1. The average Bonchev–Trinajstić information content (AvgIpc) is 3.01. The maximum Gasteiger partial charge on any atom is 0.220 e. The molecule has 2 heterocycles. The molecule has 1 amide bonds. The molecule has 4 nitrogen and oxygen atoms in total. The number of aromatic nitrogens is 1. The lowest BCUT2D eigenvalue weighted by Gasteiger charge is -2.33. The lowest BCUT2D eigenvalue weighted by molar-refractivity contribution is -0.122. The minimum absolute atomic E-state index is 0.243. The first-order valence-corrected chi connectivity index (χ1v) is 8.74. The molecule has 1 aromatic rings. The minimum Gasteiger partial charge on any atom is -0.370 e. The van der Waals surface area contributed by atoms with E-state index in [0.29, 0.717) is 23.4 Å². The van der Waals surface area contributed by atoms with Crippen LogP contribution in [0.25, 0.3) is 0 Å². The van der Waals surface area contributed by atoms with E-state index in [2.05, 4.69) is 15.2 Å². The predicted octanol–water partition coefficient (Wildman–Crippen LogP) is 3.40. The molecular formula is C17H24ClN3O. The van der Waals surface area contributed by atoms with Gasteiger partial charge in [-0.05, 0) is 37.7 Å². The second kappa shape index (κ2) is 7.32. The van der Waals surface area contributed by atoms with Crippen molar-refractivity contribution in [1.29, 1.82) is 0 Å². The molecule has 1 aromatic heterocycles. The van der Waals surface area contributed by atoms with Gasteiger partial charge in [0.15, 0.2) is 0 Å². The molecule has 3 rings (SSSR count). The van der Waals surface area contributed by atoms with E-state index in [1.807, 2.05) is 6.07 Å². The zero-order valence-electron chi connectivity index (χ0n) is 12.9. The minimum atomic E-state index is 0.243. The van der Waals surface area contributed by atoms with Gasteiger partial charge in [0, 0.05) is 37.9 Å². The van der Waals surface area contributed by atoms with Crippen molar-refractivity contribution in [2.45, 2.75) is 51.0 Å². The fraction of sp³-hybridized carbons (Fsp3) is 0.647. The van der Waals surface area contributed by atoms with Crippen LogP contribution in [-0.2, 0) is 4.79 Å². The van der Waals surface area contributed by atoms with Crippen LogP contribution in [0.1, 0.15) is 44.9 Å². The number of hydrogen-bond acceptors (Lipinski definition) is 3. The van der Waals surface area contributed by atoms with Gasteiger partial charge in [-0.1, -0.05) is 24.4 Å². The molecule has 0 radical (unpaired) electrons. The maximum absolute atomic E-state index is 12.1. The molecule has 1 saturated carbocycles. The number of rotatable bonds is 4. The summed E-state index contributed by atoms with van der Waals surface area (Å²) in [5, 5.41) is 3.90. The Morgan fingerprint density at radius 1 is 1.27 bits per heavy atom. The zero-order valence-corrected chi connectivity index (χ0v) is 13.7. The molecule has 0 aromatic carbocycles. The quantitative estimate of drug-likeness (QED) is 0.924. The second-order valence-corrected chi connectivity index (χ2v) is 6.92. The van der Waals surface area contributed by atoms with Crippen molar-refractivity contribution < 1.29 is 4.79 Å². The Balaban J connectivity index is 1.45. The van der Waals surface area contributed by atoms with Gasteiger partial charge < -0.3 is 10.2 Å². The summed E-state index contributed by atoms with van der Waals surface area (Å²) in [6, 6.07) is 2.40. The van der Waals surface area contributed by atoms with Crippen molar-refractivity contribution in [1.82, 2.24) is 10.3 Å². The number of hydrogen-bond donors (Lipinski definition) is 1. The maximum atomic E-state index is 12.1. The normalized spacial score (nSPS) is 20.3. The Morgan fingerprint density at radius 3 is 2.68 bits per heavy atom. The van der Waals surface area contributed by atoms with Gasteiger partial charge in [-0.3, -0.25) is 9.78 Å². The molecule has 2 aliphatic rings. The summed E-state index contributed by atoms with van der Waals surface area (Å²) in [5.41, 5.74) is 1.06. The van der Waals surface area contributed by atoms with E-state index in [9.17, 15) is 4.79 Å². The number of nitrogens with one attached hydrogen (secondary N) is 1. The Bertz CT molecular complexity index is 508. The van der Waals surface area contributed by atoms with Crippen molar-refractivity contribution in [2.75, 3.05) is 18.0 Å². The molecule has 0 unspecified atom stereocenters. The number of pyridine rings is 1. The van der Waals surface area contributed by atoms with Crippen LogP contribution >= 0.6 is 11.6 Å². The third kappa shape index (κ3) is 3.92. The van der Waals surface area contributed by atoms with Crippen LogP contribution < -0.4 is 10.2 Å². The molecule has 22 heavy (non-hydrogen) atoms. The van der Waals surface area contributed by atoms with Gasteiger partial charge in [0.2, 0.25) is 5.91 Å². The number of halogens is 1. The van der Waals surface area contributed by atoms with Crippen LogP contribution in [0.5, 0.6) is 0 Å². The van der Waals surface area contributed by atoms with Gasteiger partial charge in [-0.15, -0.1) is 0 Å². The van der Waals surface area contributed by atoms with Gasteiger partial charge in [0.05, 0.1) is 10.7 Å². The molecular weight excluding hydrogens is 298 g/mol. The SMILES string of the molecule is O=C(CC1CCN(c2ccncc2Cl)CC1)NC1CCCC1. The van der Waals surface area contributed by atoms with Crippen LogP contribution in [0.3, 0.4) is 0 Å². The van der Waals surface area contributed by atoms with E-state index in [1.54, 1.807) is 12.4 Å². The van der Waals surface area contributed by atoms with E-state index < -0.39 is 0 Å². The fourth-order valence-electron chi connectivity index (χ4n) is 3.62. The number of piperidine rings is 1. The Labute approximate surface area is 137 Å². The molecule has 120 valence electrons. The van der Waals surface area contributed by atoms with E-state index in [4.69, 9.17) is 11.6 Å². The molecule has 1 N–H and O–H groups in total.